The monoisotopic (exact) mass is 259 g/mol. The average molecular weight is 259 g/mol. The van der Waals surface area contributed by atoms with E-state index in [0.717, 1.165) is 10.6 Å². The Morgan fingerprint density at radius 2 is 1.94 bits per heavy atom. The number of aromatic nitrogens is 1. The predicted octanol–water partition coefficient (Wildman–Crippen LogP) is 3.58. The van der Waals surface area contributed by atoms with Crippen LogP contribution in [0.3, 0.4) is 0 Å². The Morgan fingerprint density at radius 3 is 2.44 bits per heavy atom. The molecular formula is C15H17NOS. The molecule has 0 radical (unpaired) electrons. The zero-order valence-electron chi connectivity index (χ0n) is 10.7. The summed E-state index contributed by atoms with van der Waals surface area (Å²) in [5.74, 6) is 0. The van der Waals surface area contributed by atoms with Gasteiger partial charge in [0.25, 0.3) is 0 Å². The molecule has 3 rings (SSSR count). The molecule has 1 N–H and O–H groups in total. The predicted molar refractivity (Wildman–Crippen MR) is 73.9 cm³/mol. The van der Waals surface area contributed by atoms with Crippen molar-refractivity contribution in [1.29, 1.82) is 0 Å². The Labute approximate surface area is 111 Å². The summed E-state index contributed by atoms with van der Waals surface area (Å²) in [6.45, 7) is 3.80. The zero-order chi connectivity index (χ0) is 12.8. The summed E-state index contributed by atoms with van der Waals surface area (Å²) in [6.07, 6.45) is 1.93. The van der Waals surface area contributed by atoms with Gasteiger partial charge in [0.2, 0.25) is 0 Å². The van der Waals surface area contributed by atoms with Gasteiger partial charge >= 0.3 is 0 Å². The van der Waals surface area contributed by atoms with Gasteiger partial charge in [-0.25, -0.2) is 4.98 Å². The van der Waals surface area contributed by atoms with E-state index in [1.165, 1.54) is 23.4 Å². The molecule has 1 heterocycles. The van der Waals surface area contributed by atoms with Gasteiger partial charge < -0.3 is 5.11 Å². The number of hydrogen-bond acceptors (Lipinski definition) is 3. The maximum absolute atomic E-state index is 9.74. The molecular weight excluding hydrogens is 242 g/mol. The number of thiazole rings is 1. The van der Waals surface area contributed by atoms with Crippen molar-refractivity contribution >= 4 is 11.3 Å². The highest BCUT2D eigenvalue weighted by atomic mass is 32.1. The van der Waals surface area contributed by atoms with Gasteiger partial charge in [0.15, 0.2) is 0 Å². The second-order valence-corrected chi connectivity index (χ2v) is 6.12. The third-order valence-electron chi connectivity index (χ3n) is 3.70. The summed E-state index contributed by atoms with van der Waals surface area (Å²) < 4.78 is 0. The van der Waals surface area contributed by atoms with Crippen LogP contribution >= 0.6 is 11.3 Å². The molecule has 1 saturated carbocycles. The molecule has 0 amide bonds. The first-order valence-corrected chi connectivity index (χ1v) is 7.16. The van der Waals surface area contributed by atoms with Crippen molar-refractivity contribution in [2.45, 2.75) is 38.2 Å². The van der Waals surface area contributed by atoms with Crippen LogP contribution in [-0.2, 0) is 5.41 Å². The molecule has 1 aromatic carbocycles. The first kappa shape index (κ1) is 11.9. The van der Waals surface area contributed by atoms with E-state index in [1.54, 1.807) is 11.3 Å². The van der Waals surface area contributed by atoms with Crippen LogP contribution in [0.1, 0.15) is 47.0 Å². The lowest BCUT2D eigenvalue weighted by atomic mass is 9.97. The molecule has 1 aliphatic rings. The number of aliphatic hydroxyl groups is 1. The Bertz CT molecular complexity index is 555. The molecule has 94 valence electrons. The summed E-state index contributed by atoms with van der Waals surface area (Å²) in [5.41, 5.74) is 2.46. The van der Waals surface area contributed by atoms with Crippen molar-refractivity contribution in [1.82, 2.24) is 4.98 Å². The third-order valence-corrected chi connectivity index (χ3v) is 5.23. The lowest BCUT2D eigenvalue weighted by Crippen LogP contribution is -2.07. The van der Waals surface area contributed by atoms with Crippen LogP contribution in [0.5, 0.6) is 0 Å². The van der Waals surface area contributed by atoms with Gasteiger partial charge in [0.1, 0.15) is 5.01 Å². The lowest BCUT2D eigenvalue weighted by molar-refractivity contribution is 0.202. The molecule has 18 heavy (non-hydrogen) atoms. The van der Waals surface area contributed by atoms with Gasteiger partial charge in [-0.15, -0.1) is 11.3 Å². The molecule has 0 saturated heterocycles. The summed E-state index contributed by atoms with van der Waals surface area (Å²) >= 11 is 1.67. The molecule has 1 aromatic heterocycles. The fourth-order valence-corrected chi connectivity index (χ4v) is 3.78. The minimum atomic E-state index is -0.414. The SMILES string of the molecule is Cc1nc(C2(c3ccccc3)CC2)sc1C(C)O. The van der Waals surface area contributed by atoms with Crippen molar-refractivity contribution in [2.24, 2.45) is 0 Å². The number of aliphatic hydroxyl groups excluding tert-OH is 1. The van der Waals surface area contributed by atoms with Crippen molar-refractivity contribution in [3.05, 3.63) is 51.5 Å². The fourth-order valence-electron chi connectivity index (χ4n) is 2.51. The smallest absolute Gasteiger partial charge is 0.104 e. The molecule has 1 aliphatic carbocycles. The minimum Gasteiger partial charge on any atom is -0.388 e. The molecule has 2 aromatic rings. The Kier molecular flexibility index (Phi) is 2.76. The lowest BCUT2D eigenvalue weighted by Gasteiger charge is -2.12. The first-order chi connectivity index (χ1) is 8.63. The number of aryl methyl sites for hydroxylation is 1. The van der Waals surface area contributed by atoms with E-state index >= 15 is 0 Å². The highest BCUT2D eigenvalue weighted by molar-refractivity contribution is 7.12. The molecule has 1 unspecified atom stereocenters. The molecule has 1 atom stereocenters. The number of rotatable bonds is 3. The second-order valence-electron chi connectivity index (χ2n) is 5.09. The maximum atomic E-state index is 9.74. The van der Waals surface area contributed by atoms with Gasteiger partial charge in [-0.2, -0.15) is 0 Å². The first-order valence-electron chi connectivity index (χ1n) is 6.35. The number of hydrogen-bond donors (Lipinski definition) is 1. The van der Waals surface area contributed by atoms with Crippen LogP contribution in [0.15, 0.2) is 30.3 Å². The van der Waals surface area contributed by atoms with Gasteiger partial charge in [-0.1, -0.05) is 30.3 Å². The quantitative estimate of drug-likeness (QED) is 0.914. The molecule has 3 heteroatoms. The Balaban J connectivity index is 2.03. The summed E-state index contributed by atoms with van der Waals surface area (Å²) in [4.78, 5) is 5.71. The van der Waals surface area contributed by atoms with E-state index < -0.39 is 6.10 Å². The van der Waals surface area contributed by atoms with Crippen molar-refractivity contribution in [2.75, 3.05) is 0 Å². The summed E-state index contributed by atoms with van der Waals surface area (Å²) in [6, 6.07) is 10.6. The molecule has 2 nitrogen and oxygen atoms in total. The van der Waals surface area contributed by atoms with Gasteiger partial charge in [-0.05, 0) is 32.3 Å². The van der Waals surface area contributed by atoms with Crippen LogP contribution in [0.25, 0.3) is 0 Å². The van der Waals surface area contributed by atoms with Crippen LogP contribution in [0, 0.1) is 6.92 Å². The fraction of sp³-hybridized carbons (Fsp3) is 0.400. The highest BCUT2D eigenvalue weighted by Crippen LogP contribution is 2.55. The van der Waals surface area contributed by atoms with Crippen LogP contribution in [0.2, 0.25) is 0 Å². The number of nitrogens with zero attached hydrogens (tertiary/aromatic N) is 1. The molecule has 1 fully saturated rings. The topological polar surface area (TPSA) is 33.1 Å². The van der Waals surface area contributed by atoms with E-state index in [-0.39, 0.29) is 5.41 Å². The highest BCUT2D eigenvalue weighted by Gasteiger charge is 2.48. The molecule has 0 aliphatic heterocycles. The maximum Gasteiger partial charge on any atom is 0.104 e. The normalized spacial score (nSPS) is 18.6. The van der Waals surface area contributed by atoms with Gasteiger partial charge in [-0.3, -0.25) is 0 Å². The van der Waals surface area contributed by atoms with Gasteiger partial charge in [0, 0.05) is 5.41 Å². The molecule has 0 spiro atoms. The average Bonchev–Trinajstić information content (AvgIpc) is 3.08. The second kappa shape index (κ2) is 4.18. The van der Waals surface area contributed by atoms with E-state index in [1.807, 2.05) is 19.9 Å². The summed E-state index contributed by atoms with van der Waals surface area (Å²) in [5, 5.41) is 10.9. The van der Waals surface area contributed by atoms with Crippen LogP contribution < -0.4 is 0 Å². The largest absolute Gasteiger partial charge is 0.388 e. The van der Waals surface area contributed by atoms with E-state index in [9.17, 15) is 5.11 Å². The van der Waals surface area contributed by atoms with Gasteiger partial charge in [0.05, 0.1) is 16.7 Å². The van der Waals surface area contributed by atoms with Crippen molar-refractivity contribution in [3.63, 3.8) is 0 Å². The summed E-state index contributed by atoms with van der Waals surface area (Å²) in [7, 11) is 0. The van der Waals surface area contributed by atoms with Crippen LogP contribution in [-0.4, -0.2) is 10.1 Å². The van der Waals surface area contributed by atoms with E-state index in [2.05, 4.69) is 24.3 Å². The standard InChI is InChI=1S/C15H17NOS/c1-10-13(11(2)17)18-14(16-10)15(8-9-15)12-6-4-3-5-7-12/h3-7,11,17H,8-9H2,1-2H3. The zero-order valence-corrected chi connectivity index (χ0v) is 11.5. The minimum absolute atomic E-state index is 0.129. The third kappa shape index (κ3) is 1.78. The van der Waals surface area contributed by atoms with E-state index in [0.29, 0.717) is 0 Å². The molecule has 0 bridgehead atoms. The van der Waals surface area contributed by atoms with Crippen molar-refractivity contribution < 1.29 is 5.11 Å². The van der Waals surface area contributed by atoms with E-state index in [4.69, 9.17) is 4.98 Å². The Hall–Kier alpha value is -1.19. The van der Waals surface area contributed by atoms with Crippen molar-refractivity contribution in [3.8, 4) is 0 Å². The Morgan fingerprint density at radius 1 is 1.28 bits per heavy atom. The van der Waals surface area contributed by atoms with Crippen LogP contribution in [0.4, 0.5) is 0 Å². The number of benzene rings is 1.